The maximum Gasteiger partial charge on any atom is 0.416 e. The van der Waals surface area contributed by atoms with Crippen LogP contribution in [0.2, 0.25) is 0 Å². The molecule has 3 rings (SSSR count). The minimum atomic E-state index is -4.50. The lowest BCUT2D eigenvalue weighted by Crippen LogP contribution is -2.32. The minimum Gasteiger partial charge on any atom is -0.460 e. The number of hydrogen-bond acceptors (Lipinski definition) is 5. The van der Waals surface area contributed by atoms with Crippen LogP contribution in [0.1, 0.15) is 19.4 Å². The summed E-state index contributed by atoms with van der Waals surface area (Å²) in [6, 6.07) is 11.4. The van der Waals surface area contributed by atoms with Crippen molar-refractivity contribution >= 4 is 23.2 Å². The largest absolute Gasteiger partial charge is 0.460 e. The number of anilines is 1. The van der Waals surface area contributed by atoms with Crippen molar-refractivity contribution in [3.8, 4) is 23.1 Å². The molecule has 1 aromatic heterocycles. The van der Waals surface area contributed by atoms with Crippen LogP contribution in [-0.4, -0.2) is 46.9 Å². The maximum atomic E-state index is 13.3. The van der Waals surface area contributed by atoms with Gasteiger partial charge in [-0.3, -0.25) is 4.79 Å². The van der Waals surface area contributed by atoms with Crippen LogP contribution in [0.4, 0.5) is 18.9 Å². The molecule has 1 heterocycles. The quantitative estimate of drug-likeness (QED) is 0.326. The molecule has 0 bridgehead atoms. The molecule has 1 N–H and O–H groups in total. The zero-order valence-electron chi connectivity index (χ0n) is 18.8. The van der Waals surface area contributed by atoms with E-state index < -0.39 is 17.2 Å². The Balaban J connectivity index is 1.96. The Morgan fingerprint density at radius 2 is 1.82 bits per heavy atom. The van der Waals surface area contributed by atoms with Gasteiger partial charge in [0, 0.05) is 24.2 Å². The highest BCUT2D eigenvalue weighted by Gasteiger charge is 2.31. The van der Waals surface area contributed by atoms with Gasteiger partial charge in [0.25, 0.3) is 0 Å². The summed E-state index contributed by atoms with van der Waals surface area (Å²) in [7, 11) is 1.51. The van der Waals surface area contributed by atoms with Crippen LogP contribution in [0.15, 0.2) is 48.5 Å². The third kappa shape index (κ3) is 6.06. The van der Waals surface area contributed by atoms with Crippen molar-refractivity contribution in [1.82, 2.24) is 14.8 Å². The van der Waals surface area contributed by atoms with Gasteiger partial charge in [-0.05, 0) is 50.2 Å². The second-order valence-corrected chi connectivity index (χ2v) is 8.34. The van der Waals surface area contributed by atoms with E-state index in [1.807, 2.05) is 0 Å². The summed E-state index contributed by atoms with van der Waals surface area (Å²) in [6.07, 6.45) is -4.50. The Morgan fingerprint density at radius 1 is 1.12 bits per heavy atom. The molecule has 2 aromatic carbocycles. The van der Waals surface area contributed by atoms with Crippen LogP contribution in [0.5, 0.6) is 6.01 Å². The number of aromatic nitrogens is 3. The Labute approximate surface area is 199 Å². The van der Waals surface area contributed by atoms with E-state index in [0.29, 0.717) is 18.0 Å². The lowest BCUT2D eigenvalue weighted by atomic mass is 9.95. The number of benzene rings is 2. The first-order valence-electron chi connectivity index (χ1n) is 10.3. The molecule has 34 heavy (non-hydrogen) atoms. The lowest BCUT2D eigenvalue weighted by molar-refractivity contribution is -0.137. The standard InChI is InChI=1S/C23H24ClF3N4O3/c1-22(2,14-24)20(32)28-17-7-9-18(10-8-17)31-19(29-21(30-31)34-12-11-33-3)15-5-4-6-16(13-15)23(25,26)27/h4-10,13H,11-12,14H2,1-3H3,(H,28,32). The summed E-state index contributed by atoms with van der Waals surface area (Å²) in [5.74, 6) is 0.0790. The molecule has 3 aromatic rings. The monoisotopic (exact) mass is 496 g/mol. The van der Waals surface area contributed by atoms with Crippen molar-refractivity contribution in [3.05, 3.63) is 54.1 Å². The van der Waals surface area contributed by atoms with Gasteiger partial charge in [-0.15, -0.1) is 16.7 Å². The van der Waals surface area contributed by atoms with Gasteiger partial charge in [-0.25, -0.2) is 4.68 Å². The smallest absolute Gasteiger partial charge is 0.416 e. The summed E-state index contributed by atoms with van der Waals surface area (Å²) in [5.41, 5.74) is -0.302. The van der Waals surface area contributed by atoms with Crippen molar-refractivity contribution in [2.45, 2.75) is 20.0 Å². The number of nitrogens with zero attached hydrogens (tertiary/aromatic N) is 3. The van der Waals surface area contributed by atoms with Crippen molar-refractivity contribution in [1.29, 1.82) is 0 Å². The second-order valence-electron chi connectivity index (χ2n) is 8.07. The van der Waals surface area contributed by atoms with Gasteiger partial charge in [0.15, 0.2) is 5.82 Å². The fourth-order valence-electron chi connectivity index (χ4n) is 2.82. The molecule has 0 aliphatic rings. The highest BCUT2D eigenvalue weighted by Crippen LogP contribution is 2.33. The van der Waals surface area contributed by atoms with Gasteiger partial charge in [-0.2, -0.15) is 18.2 Å². The van der Waals surface area contributed by atoms with Crippen molar-refractivity contribution in [2.75, 3.05) is 31.5 Å². The highest BCUT2D eigenvalue weighted by molar-refractivity contribution is 6.20. The molecule has 0 saturated heterocycles. The van der Waals surface area contributed by atoms with E-state index in [1.165, 1.54) is 23.9 Å². The maximum absolute atomic E-state index is 13.3. The molecule has 1 amide bonds. The molecule has 0 atom stereocenters. The topological polar surface area (TPSA) is 78.3 Å². The molecule has 0 unspecified atom stereocenters. The number of carbonyl (C=O) groups is 1. The molecule has 0 fully saturated rings. The van der Waals surface area contributed by atoms with Crippen LogP contribution in [0.25, 0.3) is 17.1 Å². The number of methoxy groups -OCH3 is 1. The zero-order chi connectivity index (χ0) is 24.9. The van der Waals surface area contributed by atoms with Gasteiger partial charge in [0.05, 0.1) is 23.3 Å². The number of alkyl halides is 4. The summed E-state index contributed by atoms with van der Waals surface area (Å²) < 4.78 is 51.6. The van der Waals surface area contributed by atoms with Crippen LogP contribution in [0.3, 0.4) is 0 Å². The average Bonchev–Trinajstić information content (AvgIpc) is 3.23. The molecule has 0 saturated carbocycles. The fourth-order valence-corrected chi connectivity index (χ4v) is 2.94. The molecule has 0 spiro atoms. The molecule has 182 valence electrons. The van der Waals surface area contributed by atoms with Crippen molar-refractivity contribution in [3.63, 3.8) is 0 Å². The van der Waals surface area contributed by atoms with E-state index >= 15 is 0 Å². The van der Waals surface area contributed by atoms with Crippen LogP contribution >= 0.6 is 11.6 Å². The molecule has 7 nitrogen and oxygen atoms in total. The van der Waals surface area contributed by atoms with Crippen LogP contribution < -0.4 is 10.1 Å². The molecular formula is C23H24ClF3N4O3. The number of ether oxygens (including phenoxy) is 2. The number of nitrogens with one attached hydrogen (secondary N) is 1. The van der Waals surface area contributed by atoms with E-state index in [9.17, 15) is 18.0 Å². The normalized spacial score (nSPS) is 12.0. The highest BCUT2D eigenvalue weighted by atomic mass is 35.5. The molecule has 0 radical (unpaired) electrons. The Kier molecular flexibility index (Phi) is 7.83. The zero-order valence-corrected chi connectivity index (χ0v) is 19.6. The number of carbonyl (C=O) groups excluding carboxylic acids is 1. The first kappa shape index (κ1) is 25.5. The summed E-state index contributed by atoms with van der Waals surface area (Å²) in [4.78, 5) is 16.6. The van der Waals surface area contributed by atoms with Crippen LogP contribution in [-0.2, 0) is 15.7 Å². The van der Waals surface area contributed by atoms with Gasteiger partial charge in [0.1, 0.15) is 6.61 Å². The van der Waals surface area contributed by atoms with Gasteiger partial charge in [-0.1, -0.05) is 12.1 Å². The minimum absolute atomic E-state index is 0.00861. The van der Waals surface area contributed by atoms with Crippen LogP contribution in [0, 0.1) is 5.41 Å². The number of rotatable bonds is 9. The SMILES string of the molecule is COCCOc1nc(-c2cccc(C(F)(F)F)c2)n(-c2ccc(NC(=O)C(C)(C)CCl)cc2)n1. The number of halogens is 4. The fraction of sp³-hybridized carbons (Fsp3) is 0.348. The average molecular weight is 497 g/mol. The van der Waals surface area contributed by atoms with Crippen molar-refractivity contribution in [2.24, 2.45) is 5.41 Å². The number of amides is 1. The molecule has 0 aliphatic heterocycles. The Hall–Kier alpha value is -3.11. The molecule has 0 aliphatic carbocycles. The molecule has 11 heteroatoms. The summed E-state index contributed by atoms with van der Waals surface area (Å²) >= 11 is 5.85. The predicted octanol–water partition coefficient (Wildman–Crippen LogP) is 5.18. The Bertz CT molecular complexity index is 1130. The first-order chi connectivity index (χ1) is 16.0. The molecular weight excluding hydrogens is 473 g/mol. The Morgan fingerprint density at radius 3 is 2.44 bits per heavy atom. The number of hydrogen-bond donors (Lipinski definition) is 1. The second kappa shape index (κ2) is 10.4. The summed E-state index contributed by atoms with van der Waals surface area (Å²) in [6.45, 7) is 3.92. The summed E-state index contributed by atoms with van der Waals surface area (Å²) in [5, 5.41) is 7.09. The van der Waals surface area contributed by atoms with E-state index in [2.05, 4.69) is 15.4 Å². The lowest BCUT2D eigenvalue weighted by Gasteiger charge is -2.20. The van der Waals surface area contributed by atoms with E-state index in [4.69, 9.17) is 21.1 Å². The van der Waals surface area contributed by atoms with E-state index in [-0.39, 0.29) is 35.8 Å². The third-order valence-electron chi connectivity index (χ3n) is 4.87. The van der Waals surface area contributed by atoms with Gasteiger partial charge < -0.3 is 14.8 Å². The van der Waals surface area contributed by atoms with Gasteiger partial charge in [0.2, 0.25) is 5.91 Å². The van der Waals surface area contributed by atoms with E-state index in [0.717, 1.165) is 12.1 Å². The van der Waals surface area contributed by atoms with E-state index in [1.54, 1.807) is 38.1 Å². The van der Waals surface area contributed by atoms with Crippen molar-refractivity contribution < 1.29 is 27.4 Å². The third-order valence-corrected chi connectivity index (χ3v) is 5.54. The predicted molar refractivity (Wildman–Crippen MR) is 122 cm³/mol. The first-order valence-corrected chi connectivity index (χ1v) is 10.8. The van der Waals surface area contributed by atoms with Gasteiger partial charge >= 0.3 is 12.2 Å².